The van der Waals surface area contributed by atoms with Crippen molar-refractivity contribution in [2.75, 3.05) is 6.61 Å². The molecule has 30 heavy (non-hydrogen) atoms. The summed E-state index contributed by atoms with van der Waals surface area (Å²) in [5, 5.41) is 16.1. The van der Waals surface area contributed by atoms with Crippen LogP contribution in [-0.2, 0) is 6.54 Å². The molecule has 152 valence electrons. The molecular formula is C24H21FN2O3. The van der Waals surface area contributed by atoms with Gasteiger partial charge in [0, 0.05) is 10.9 Å². The van der Waals surface area contributed by atoms with E-state index in [9.17, 15) is 14.3 Å². The Labute approximate surface area is 173 Å². The third kappa shape index (κ3) is 4.23. The van der Waals surface area contributed by atoms with E-state index in [1.165, 1.54) is 16.8 Å². The standard InChI is InChI=1S/C24H21FN2O3/c1-16-5-4-6-20(13-16)30-15-19(28)14-27-24(29)22-8-3-2-7-21(22)23(26-27)17-9-11-18(25)12-10-17/h2-13,19,28H,14-15H2,1H3/t19-/m1/s1. The van der Waals surface area contributed by atoms with Crippen molar-refractivity contribution in [2.45, 2.75) is 19.6 Å². The SMILES string of the molecule is Cc1cccc(OC[C@H](O)Cn2nc(-c3ccc(F)cc3)c3ccccc3c2=O)c1. The van der Waals surface area contributed by atoms with Crippen LogP contribution >= 0.6 is 0 Å². The molecule has 4 aromatic rings. The van der Waals surface area contributed by atoms with Gasteiger partial charge in [-0.25, -0.2) is 9.07 Å². The molecule has 4 rings (SSSR count). The van der Waals surface area contributed by atoms with Crippen LogP contribution in [0.1, 0.15) is 5.56 Å². The first-order valence-electron chi connectivity index (χ1n) is 9.64. The minimum atomic E-state index is -0.932. The number of aliphatic hydroxyl groups is 1. The lowest BCUT2D eigenvalue weighted by atomic mass is 10.1. The molecule has 6 heteroatoms. The average molecular weight is 404 g/mol. The molecular weight excluding hydrogens is 383 g/mol. The molecule has 0 bridgehead atoms. The van der Waals surface area contributed by atoms with Gasteiger partial charge in [0.1, 0.15) is 24.3 Å². The van der Waals surface area contributed by atoms with E-state index in [0.717, 1.165) is 5.56 Å². The van der Waals surface area contributed by atoms with E-state index in [2.05, 4.69) is 5.10 Å². The molecule has 0 unspecified atom stereocenters. The number of aromatic nitrogens is 2. The maximum atomic E-state index is 13.4. The van der Waals surface area contributed by atoms with Crippen LogP contribution in [0.25, 0.3) is 22.0 Å². The number of nitrogens with zero attached hydrogens (tertiary/aromatic N) is 2. The quantitative estimate of drug-likeness (QED) is 0.529. The van der Waals surface area contributed by atoms with Gasteiger partial charge < -0.3 is 9.84 Å². The van der Waals surface area contributed by atoms with E-state index in [1.807, 2.05) is 43.3 Å². The van der Waals surface area contributed by atoms with Gasteiger partial charge in [0.05, 0.1) is 17.6 Å². The number of hydrogen-bond acceptors (Lipinski definition) is 4. The van der Waals surface area contributed by atoms with Gasteiger partial charge in [0.15, 0.2) is 0 Å². The predicted octanol–water partition coefficient (Wildman–Crippen LogP) is 3.95. The molecule has 5 nitrogen and oxygen atoms in total. The molecule has 0 aliphatic rings. The number of rotatable bonds is 6. The zero-order valence-electron chi connectivity index (χ0n) is 16.5. The Balaban J connectivity index is 1.64. The Morgan fingerprint density at radius 3 is 2.50 bits per heavy atom. The summed E-state index contributed by atoms with van der Waals surface area (Å²) in [6, 6.07) is 20.6. The molecule has 0 fully saturated rings. The Morgan fingerprint density at radius 1 is 1.03 bits per heavy atom. The highest BCUT2D eigenvalue weighted by molar-refractivity contribution is 5.93. The van der Waals surface area contributed by atoms with Crippen molar-refractivity contribution in [3.8, 4) is 17.0 Å². The summed E-state index contributed by atoms with van der Waals surface area (Å²) in [4.78, 5) is 12.9. The minimum Gasteiger partial charge on any atom is -0.491 e. The van der Waals surface area contributed by atoms with Crippen molar-refractivity contribution in [1.82, 2.24) is 9.78 Å². The van der Waals surface area contributed by atoms with Gasteiger partial charge in [-0.2, -0.15) is 5.10 Å². The maximum Gasteiger partial charge on any atom is 0.274 e. The first-order valence-corrected chi connectivity index (χ1v) is 9.64. The molecule has 1 atom stereocenters. The van der Waals surface area contributed by atoms with Crippen molar-refractivity contribution in [3.63, 3.8) is 0 Å². The first kappa shape index (κ1) is 19.8. The average Bonchev–Trinajstić information content (AvgIpc) is 2.75. The second-order valence-electron chi connectivity index (χ2n) is 7.17. The summed E-state index contributed by atoms with van der Waals surface area (Å²) >= 11 is 0. The molecule has 0 radical (unpaired) electrons. The first-order chi connectivity index (χ1) is 14.5. The molecule has 1 aromatic heterocycles. The summed E-state index contributed by atoms with van der Waals surface area (Å²) in [6.07, 6.45) is -0.932. The highest BCUT2D eigenvalue weighted by Crippen LogP contribution is 2.24. The van der Waals surface area contributed by atoms with E-state index in [-0.39, 0.29) is 24.5 Å². The number of aliphatic hydroxyl groups excluding tert-OH is 1. The van der Waals surface area contributed by atoms with Crippen molar-refractivity contribution in [2.24, 2.45) is 0 Å². The van der Waals surface area contributed by atoms with Gasteiger partial charge in [-0.05, 0) is 55.0 Å². The molecule has 0 spiro atoms. The molecule has 0 saturated heterocycles. The number of halogens is 1. The summed E-state index contributed by atoms with van der Waals surface area (Å²) in [5.74, 6) is 0.306. The summed E-state index contributed by atoms with van der Waals surface area (Å²) in [7, 11) is 0. The number of fused-ring (bicyclic) bond motifs is 1. The van der Waals surface area contributed by atoms with Crippen LogP contribution < -0.4 is 10.3 Å². The Bertz CT molecular complexity index is 1240. The molecule has 0 saturated carbocycles. The van der Waals surface area contributed by atoms with Gasteiger partial charge >= 0.3 is 0 Å². The molecule has 0 aliphatic carbocycles. The molecule has 1 heterocycles. The summed E-state index contributed by atoms with van der Waals surface area (Å²) in [6.45, 7) is 1.96. The fourth-order valence-electron chi connectivity index (χ4n) is 3.33. The minimum absolute atomic E-state index is 0.0241. The fraction of sp³-hybridized carbons (Fsp3) is 0.167. The van der Waals surface area contributed by atoms with E-state index < -0.39 is 6.10 Å². The van der Waals surface area contributed by atoms with Gasteiger partial charge in [-0.15, -0.1) is 0 Å². The van der Waals surface area contributed by atoms with E-state index in [1.54, 1.807) is 24.3 Å². The van der Waals surface area contributed by atoms with Gasteiger partial charge in [0.2, 0.25) is 0 Å². The van der Waals surface area contributed by atoms with Gasteiger partial charge in [-0.1, -0.05) is 30.3 Å². The molecule has 1 N–H and O–H groups in total. The Hall–Kier alpha value is -3.51. The monoisotopic (exact) mass is 404 g/mol. The molecule has 0 amide bonds. The third-order valence-electron chi connectivity index (χ3n) is 4.80. The van der Waals surface area contributed by atoms with Crippen molar-refractivity contribution in [3.05, 3.63) is 94.5 Å². The Kier molecular flexibility index (Phi) is 5.59. The van der Waals surface area contributed by atoms with Crippen molar-refractivity contribution in [1.29, 1.82) is 0 Å². The highest BCUT2D eigenvalue weighted by atomic mass is 19.1. The number of benzene rings is 3. The second kappa shape index (κ2) is 8.47. The van der Waals surface area contributed by atoms with Crippen LogP contribution in [0.4, 0.5) is 4.39 Å². The summed E-state index contributed by atoms with van der Waals surface area (Å²) in [5.41, 5.74) is 1.99. The highest BCUT2D eigenvalue weighted by Gasteiger charge is 2.15. The normalized spacial score (nSPS) is 12.1. The number of hydrogen-bond donors (Lipinski definition) is 1. The van der Waals surface area contributed by atoms with Crippen LogP contribution in [0.5, 0.6) is 5.75 Å². The van der Waals surface area contributed by atoms with E-state index in [0.29, 0.717) is 27.8 Å². The van der Waals surface area contributed by atoms with Crippen LogP contribution in [0.2, 0.25) is 0 Å². The molecule has 3 aromatic carbocycles. The van der Waals surface area contributed by atoms with Crippen LogP contribution in [-0.4, -0.2) is 27.6 Å². The Morgan fingerprint density at radius 2 is 1.77 bits per heavy atom. The van der Waals surface area contributed by atoms with Crippen LogP contribution in [0, 0.1) is 12.7 Å². The smallest absolute Gasteiger partial charge is 0.274 e. The third-order valence-corrected chi connectivity index (χ3v) is 4.80. The zero-order valence-corrected chi connectivity index (χ0v) is 16.5. The largest absolute Gasteiger partial charge is 0.491 e. The van der Waals surface area contributed by atoms with E-state index >= 15 is 0 Å². The lowest BCUT2D eigenvalue weighted by Gasteiger charge is -2.15. The van der Waals surface area contributed by atoms with E-state index in [4.69, 9.17) is 4.74 Å². The second-order valence-corrected chi connectivity index (χ2v) is 7.17. The number of aryl methyl sites for hydroxylation is 1. The van der Waals surface area contributed by atoms with Gasteiger partial charge in [-0.3, -0.25) is 4.79 Å². The van der Waals surface area contributed by atoms with Crippen LogP contribution in [0.3, 0.4) is 0 Å². The lowest BCUT2D eigenvalue weighted by molar-refractivity contribution is 0.0882. The lowest BCUT2D eigenvalue weighted by Crippen LogP contribution is -2.32. The fourth-order valence-corrected chi connectivity index (χ4v) is 3.33. The number of ether oxygens (including phenoxy) is 1. The summed E-state index contributed by atoms with van der Waals surface area (Å²) < 4.78 is 20.2. The maximum absolute atomic E-state index is 13.4. The van der Waals surface area contributed by atoms with Crippen molar-refractivity contribution < 1.29 is 14.2 Å². The zero-order chi connectivity index (χ0) is 21.1. The van der Waals surface area contributed by atoms with Crippen LogP contribution in [0.15, 0.2) is 77.6 Å². The van der Waals surface area contributed by atoms with Gasteiger partial charge in [0.25, 0.3) is 5.56 Å². The molecule has 0 aliphatic heterocycles. The van der Waals surface area contributed by atoms with Crippen molar-refractivity contribution >= 4 is 10.8 Å². The topological polar surface area (TPSA) is 64.3 Å². The predicted molar refractivity (Wildman–Crippen MR) is 114 cm³/mol.